The van der Waals surface area contributed by atoms with Crippen LogP contribution in [0.25, 0.3) is 0 Å². The van der Waals surface area contributed by atoms with E-state index in [1.807, 2.05) is 0 Å². The molecule has 3 aliphatic heterocycles. The van der Waals surface area contributed by atoms with Crippen LogP contribution in [-0.4, -0.2) is 42.5 Å². The van der Waals surface area contributed by atoms with E-state index in [0.717, 1.165) is 39.0 Å². The van der Waals surface area contributed by atoms with Gasteiger partial charge in [-0.05, 0) is 49.3 Å². The van der Waals surface area contributed by atoms with Crippen molar-refractivity contribution in [2.75, 3.05) is 25.0 Å². The van der Waals surface area contributed by atoms with Crippen LogP contribution in [-0.2, 0) is 17.8 Å². The first-order chi connectivity index (χ1) is 11.7. The van der Waals surface area contributed by atoms with Crippen LogP contribution in [0.15, 0.2) is 18.2 Å². The molecule has 0 bridgehead atoms. The van der Waals surface area contributed by atoms with Crippen molar-refractivity contribution in [3.05, 3.63) is 29.3 Å². The highest BCUT2D eigenvalue weighted by molar-refractivity contribution is 5.85. The Kier molecular flexibility index (Phi) is 5.84. The molecule has 0 spiro atoms. The molecule has 1 aromatic rings. The van der Waals surface area contributed by atoms with Crippen LogP contribution in [0.2, 0.25) is 0 Å². The van der Waals surface area contributed by atoms with Gasteiger partial charge < -0.3 is 11.1 Å². The molecule has 0 saturated carbocycles. The molecule has 2 fully saturated rings. The molecule has 25 heavy (non-hydrogen) atoms. The molecule has 1 aromatic carbocycles. The fraction of sp³-hybridized carbons (Fsp3) is 0.611. The number of amides is 1. The predicted octanol–water partition coefficient (Wildman–Crippen LogP) is 1.01. The number of nitrogens with zero attached hydrogens (tertiary/aromatic N) is 1. The number of hydrogen-bond donors (Lipinski definition) is 4. The number of carbonyl (C=O) groups excluding carboxylic acids is 1. The molecule has 0 aromatic heterocycles. The van der Waals surface area contributed by atoms with Gasteiger partial charge in [0.1, 0.15) is 6.04 Å². The number of fused-ring (bicyclic) bond motifs is 1. The Morgan fingerprint density at radius 1 is 1.32 bits per heavy atom. The van der Waals surface area contributed by atoms with Gasteiger partial charge >= 0.3 is 0 Å². The van der Waals surface area contributed by atoms with Gasteiger partial charge in [-0.15, -0.1) is 12.4 Å². The minimum atomic E-state index is -0.261. The summed E-state index contributed by atoms with van der Waals surface area (Å²) in [4.78, 5) is 13.9. The van der Waals surface area contributed by atoms with E-state index in [9.17, 15) is 4.79 Å². The molecule has 5 N–H and O–H groups in total. The fourth-order valence-electron chi connectivity index (χ4n) is 4.42. The summed E-state index contributed by atoms with van der Waals surface area (Å²) in [6, 6.07) is 6.77. The van der Waals surface area contributed by atoms with E-state index in [4.69, 9.17) is 5.73 Å². The highest BCUT2D eigenvalue weighted by Gasteiger charge is 2.35. The third kappa shape index (κ3) is 3.92. The summed E-state index contributed by atoms with van der Waals surface area (Å²) >= 11 is 0. The number of carbonyl (C=O) groups is 1. The van der Waals surface area contributed by atoms with Crippen molar-refractivity contribution in [3.63, 3.8) is 0 Å². The van der Waals surface area contributed by atoms with E-state index in [0.29, 0.717) is 12.0 Å². The van der Waals surface area contributed by atoms with E-state index in [1.54, 1.807) is 0 Å². The Balaban J connectivity index is 0.00000182. The summed E-state index contributed by atoms with van der Waals surface area (Å²) < 4.78 is 0. The Hall–Kier alpha value is -1.34. The second kappa shape index (κ2) is 7.91. The zero-order valence-corrected chi connectivity index (χ0v) is 15.3. The number of halogens is 1. The predicted molar refractivity (Wildman–Crippen MR) is 102 cm³/mol. The summed E-state index contributed by atoms with van der Waals surface area (Å²) in [6.07, 6.45) is 4.37. The van der Waals surface area contributed by atoms with Crippen molar-refractivity contribution in [1.29, 1.82) is 0 Å². The van der Waals surface area contributed by atoms with Crippen molar-refractivity contribution < 1.29 is 4.79 Å². The zero-order valence-electron chi connectivity index (χ0n) is 14.5. The molecule has 138 valence electrons. The first kappa shape index (κ1) is 18.5. The van der Waals surface area contributed by atoms with E-state index in [2.05, 4.69) is 39.3 Å². The van der Waals surface area contributed by atoms with Crippen LogP contribution in [0.4, 0.5) is 5.69 Å². The Bertz CT molecular complexity index is 625. The average Bonchev–Trinajstić information content (AvgIpc) is 3.25. The van der Waals surface area contributed by atoms with E-state index < -0.39 is 0 Å². The number of primary amides is 1. The maximum absolute atomic E-state index is 11.3. The SMILES string of the molecule is Cl.NC(=O)C1CC(C2CCCN(Cc3cccc4c3NCC4)C2)NN1. The van der Waals surface area contributed by atoms with Gasteiger partial charge in [0.15, 0.2) is 0 Å². The first-order valence-corrected chi connectivity index (χ1v) is 9.08. The number of likely N-dealkylation sites (tertiary alicyclic amines) is 1. The summed E-state index contributed by atoms with van der Waals surface area (Å²) in [6.45, 7) is 4.29. The van der Waals surface area contributed by atoms with Crippen LogP contribution in [0.5, 0.6) is 0 Å². The molecule has 6 nitrogen and oxygen atoms in total. The quantitative estimate of drug-likeness (QED) is 0.640. The molecule has 4 rings (SSSR count). The largest absolute Gasteiger partial charge is 0.384 e. The summed E-state index contributed by atoms with van der Waals surface area (Å²) in [5.74, 6) is 0.309. The van der Waals surface area contributed by atoms with Gasteiger partial charge in [-0.25, -0.2) is 5.43 Å². The van der Waals surface area contributed by atoms with Crippen LogP contribution in [0.1, 0.15) is 30.4 Å². The molecule has 3 heterocycles. The van der Waals surface area contributed by atoms with E-state index in [-0.39, 0.29) is 24.4 Å². The number of nitrogens with one attached hydrogen (secondary N) is 3. The average molecular weight is 366 g/mol. The maximum Gasteiger partial charge on any atom is 0.235 e. The maximum atomic E-state index is 11.3. The first-order valence-electron chi connectivity index (χ1n) is 9.08. The molecule has 3 atom stereocenters. The van der Waals surface area contributed by atoms with Gasteiger partial charge in [-0.1, -0.05) is 18.2 Å². The molecule has 0 aliphatic carbocycles. The lowest BCUT2D eigenvalue weighted by Crippen LogP contribution is -2.45. The normalized spacial score (nSPS) is 28.9. The molecule has 1 amide bonds. The Labute approximate surface area is 155 Å². The second-order valence-corrected chi connectivity index (χ2v) is 7.35. The minimum absolute atomic E-state index is 0. The third-order valence-corrected chi connectivity index (χ3v) is 5.71. The number of rotatable bonds is 4. The number of piperidine rings is 1. The van der Waals surface area contributed by atoms with Crippen LogP contribution >= 0.6 is 12.4 Å². The van der Waals surface area contributed by atoms with Crippen molar-refractivity contribution in [2.45, 2.75) is 44.3 Å². The van der Waals surface area contributed by atoms with Gasteiger partial charge in [0.25, 0.3) is 0 Å². The second-order valence-electron chi connectivity index (χ2n) is 7.35. The molecule has 3 aliphatic rings. The highest BCUT2D eigenvalue weighted by atomic mass is 35.5. The number of benzene rings is 1. The fourth-order valence-corrected chi connectivity index (χ4v) is 4.42. The molecular formula is C18H28ClN5O. The third-order valence-electron chi connectivity index (χ3n) is 5.71. The summed E-state index contributed by atoms with van der Waals surface area (Å²) in [5.41, 5.74) is 16.0. The summed E-state index contributed by atoms with van der Waals surface area (Å²) in [5, 5.41) is 3.54. The number of nitrogens with two attached hydrogens (primary N) is 1. The van der Waals surface area contributed by atoms with Gasteiger partial charge in [-0.2, -0.15) is 0 Å². The number of hydrogen-bond acceptors (Lipinski definition) is 5. The lowest BCUT2D eigenvalue weighted by molar-refractivity contribution is -0.119. The zero-order chi connectivity index (χ0) is 16.5. The standard InChI is InChI=1S/C18H27N5O.ClH/c19-18(24)16-9-15(21-22-16)13-5-2-8-23(10-13)11-14-4-1-3-12-6-7-20-17(12)14;/h1,3-4,13,15-16,20-22H,2,5-11H2,(H2,19,24);1H. The van der Waals surface area contributed by atoms with Crippen molar-refractivity contribution in [3.8, 4) is 0 Å². The smallest absolute Gasteiger partial charge is 0.235 e. The van der Waals surface area contributed by atoms with E-state index >= 15 is 0 Å². The van der Waals surface area contributed by atoms with Crippen LogP contribution < -0.4 is 21.9 Å². The van der Waals surface area contributed by atoms with Gasteiger partial charge in [0, 0.05) is 31.4 Å². The highest BCUT2D eigenvalue weighted by Crippen LogP contribution is 2.30. The van der Waals surface area contributed by atoms with Crippen LogP contribution in [0, 0.1) is 5.92 Å². The number of para-hydroxylation sites is 1. The topological polar surface area (TPSA) is 82.4 Å². The van der Waals surface area contributed by atoms with Crippen molar-refractivity contribution >= 4 is 24.0 Å². The van der Waals surface area contributed by atoms with Gasteiger partial charge in [0.2, 0.25) is 5.91 Å². The van der Waals surface area contributed by atoms with Gasteiger partial charge in [0.05, 0.1) is 0 Å². The van der Waals surface area contributed by atoms with Crippen molar-refractivity contribution in [2.24, 2.45) is 11.7 Å². The lowest BCUT2D eigenvalue weighted by Gasteiger charge is -2.35. The molecule has 0 radical (unpaired) electrons. The van der Waals surface area contributed by atoms with Crippen molar-refractivity contribution in [1.82, 2.24) is 15.8 Å². The molecule has 7 heteroatoms. The minimum Gasteiger partial charge on any atom is -0.384 e. The molecule has 3 unspecified atom stereocenters. The van der Waals surface area contributed by atoms with Crippen LogP contribution in [0.3, 0.4) is 0 Å². The Morgan fingerprint density at radius 3 is 3.00 bits per heavy atom. The summed E-state index contributed by atoms with van der Waals surface area (Å²) in [7, 11) is 0. The monoisotopic (exact) mass is 365 g/mol. The Morgan fingerprint density at radius 2 is 2.20 bits per heavy atom. The molecule has 2 saturated heterocycles. The van der Waals surface area contributed by atoms with E-state index in [1.165, 1.54) is 29.7 Å². The number of hydrazine groups is 1. The number of anilines is 1. The van der Waals surface area contributed by atoms with Gasteiger partial charge in [-0.3, -0.25) is 15.1 Å². The lowest BCUT2D eigenvalue weighted by atomic mass is 9.88. The molecular weight excluding hydrogens is 338 g/mol.